The molecule has 0 aromatic heterocycles. The second-order valence-corrected chi connectivity index (χ2v) is 5.68. The fourth-order valence-corrected chi connectivity index (χ4v) is 2.83. The molecule has 3 rings (SSSR count). The SMILES string of the molecule is CCCC1(O)CN(C(=O)c2ccc3c(c2)NC(=O)CO3)C1. The monoisotopic (exact) mass is 290 g/mol. The predicted octanol–water partition coefficient (Wildman–Crippen LogP) is 1.00. The van der Waals surface area contributed by atoms with E-state index in [2.05, 4.69) is 5.32 Å². The quantitative estimate of drug-likeness (QED) is 0.870. The summed E-state index contributed by atoms with van der Waals surface area (Å²) in [5, 5.41) is 12.8. The Balaban J connectivity index is 1.72. The number of nitrogens with one attached hydrogen (secondary N) is 1. The topological polar surface area (TPSA) is 78.9 Å². The largest absolute Gasteiger partial charge is 0.482 e. The summed E-state index contributed by atoms with van der Waals surface area (Å²) in [6.07, 6.45) is 1.59. The molecule has 1 aromatic carbocycles. The zero-order chi connectivity index (χ0) is 15.0. The Labute approximate surface area is 122 Å². The minimum Gasteiger partial charge on any atom is -0.482 e. The van der Waals surface area contributed by atoms with Gasteiger partial charge in [0, 0.05) is 5.56 Å². The number of fused-ring (bicyclic) bond motifs is 1. The normalized spacial score (nSPS) is 19.1. The van der Waals surface area contributed by atoms with Crippen molar-refractivity contribution in [2.45, 2.75) is 25.4 Å². The van der Waals surface area contributed by atoms with E-state index in [9.17, 15) is 14.7 Å². The van der Waals surface area contributed by atoms with Crippen molar-refractivity contribution in [3.8, 4) is 5.75 Å². The van der Waals surface area contributed by atoms with Crippen LogP contribution in [-0.2, 0) is 4.79 Å². The van der Waals surface area contributed by atoms with Crippen LogP contribution < -0.4 is 10.1 Å². The summed E-state index contributed by atoms with van der Waals surface area (Å²) >= 11 is 0. The number of hydrogen-bond acceptors (Lipinski definition) is 4. The van der Waals surface area contributed by atoms with Crippen molar-refractivity contribution in [2.24, 2.45) is 0 Å². The second kappa shape index (κ2) is 5.04. The third-order valence-electron chi connectivity index (χ3n) is 3.83. The molecule has 0 saturated carbocycles. The molecule has 21 heavy (non-hydrogen) atoms. The molecule has 0 radical (unpaired) electrons. The summed E-state index contributed by atoms with van der Waals surface area (Å²) in [5.74, 6) is 0.198. The van der Waals surface area contributed by atoms with E-state index in [0.29, 0.717) is 36.5 Å². The lowest BCUT2D eigenvalue weighted by atomic mass is 9.88. The molecular formula is C15H18N2O4. The minimum atomic E-state index is -0.740. The van der Waals surface area contributed by atoms with E-state index >= 15 is 0 Å². The molecule has 0 unspecified atom stereocenters. The molecule has 2 N–H and O–H groups in total. The maximum Gasteiger partial charge on any atom is 0.262 e. The number of carbonyl (C=O) groups is 2. The van der Waals surface area contributed by atoms with Gasteiger partial charge in [-0.3, -0.25) is 9.59 Å². The van der Waals surface area contributed by atoms with Gasteiger partial charge in [0.2, 0.25) is 0 Å². The van der Waals surface area contributed by atoms with Gasteiger partial charge >= 0.3 is 0 Å². The van der Waals surface area contributed by atoms with Crippen molar-refractivity contribution >= 4 is 17.5 Å². The van der Waals surface area contributed by atoms with E-state index in [1.165, 1.54) is 0 Å². The van der Waals surface area contributed by atoms with E-state index < -0.39 is 5.60 Å². The van der Waals surface area contributed by atoms with Crippen LogP contribution in [0.2, 0.25) is 0 Å². The third-order valence-corrected chi connectivity index (χ3v) is 3.83. The van der Waals surface area contributed by atoms with E-state index in [1.807, 2.05) is 6.92 Å². The number of hydrogen-bond donors (Lipinski definition) is 2. The minimum absolute atomic E-state index is 0.00350. The Morgan fingerprint density at radius 2 is 2.24 bits per heavy atom. The van der Waals surface area contributed by atoms with Gasteiger partial charge in [-0.2, -0.15) is 0 Å². The predicted molar refractivity (Wildman–Crippen MR) is 76.3 cm³/mol. The summed E-state index contributed by atoms with van der Waals surface area (Å²) in [7, 11) is 0. The molecule has 2 amide bonds. The molecule has 2 heterocycles. The Morgan fingerprint density at radius 3 is 2.95 bits per heavy atom. The van der Waals surface area contributed by atoms with Gasteiger partial charge in [0.15, 0.2) is 6.61 Å². The number of β-amino-alcohol motifs (C(OH)–C–C–N with tert-alkyl or cyclic N) is 1. The highest BCUT2D eigenvalue weighted by molar-refractivity contribution is 6.00. The van der Waals surface area contributed by atoms with Crippen molar-refractivity contribution < 1.29 is 19.4 Å². The van der Waals surface area contributed by atoms with Crippen molar-refractivity contribution in [2.75, 3.05) is 25.0 Å². The first-order valence-electron chi connectivity index (χ1n) is 7.09. The molecule has 1 saturated heterocycles. The molecule has 0 spiro atoms. The lowest BCUT2D eigenvalue weighted by molar-refractivity contribution is -0.118. The Bertz CT molecular complexity index is 593. The van der Waals surface area contributed by atoms with Gasteiger partial charge in [-0.05, 0) is 24.6 Å². The van der Waals surface area contributed by atoms with E-state index in [1.54, 1.807) is 23.1 Å². The van der Waals surface area contributed by atoms with Crippen LogP contribution in [0.1, 0.15) is 30.1 Å². The third kappa shape index (κ3) is 2.58. The van der Waals surface area contributed by atoms with Crippen LogP contribution in [0.15, 0.2) is 18.2 Å². The number of likely N-dealkylation sites (tertiary alicyclic amines) is 1. The van der Waals surface area contributed by atoms with Gasteiger partial charge in [0.05, 0.1) is 24.4 Å². The van der Waals surface area contributed by atoms with Crippen molar-refractivity contribution in [1.29, 1.82) is 0 Å². The summed E-state index contributed by atoms with van der Waals surface area (Å²) in [5.41, 5.74) is 0.259. The number of aliphatic hydroxyl groups is 1. The first-order chi connectivity index (χ1) is 10.0. The van der Waals surface area contributed by atoms with Crippen molar-refractivity contribution in [1.82, 2.24) is 4.90 Å². The van der Waals surface area contributed by atoms with Crippen LogP contribution in [0.4, 0.5) is 5.69 Å². The molecule has 6 nitrogen and oxygen atoms in total. The molecule has 2 aliphatic heterocycles. The highest BCUT2D eigenvalue weighted by atomic mass is 16.5. The zero-order valence-electron chi connectivity index (χ0n) is 11.9. The molecule has 6 heteroatoms. The van der Waals surface area contributed by atoms with Crippen molar-refractivity contribution in [3.63, 3.8) is 0 Å². The first kappa shape index (κ1) is 13.9. The summed E-state index contributed by atoms with van der Waals surface area (Å²) in [6.45, 7) is 2.73. The number of benzene rings is 1. The summed E-state index contributed by atoms with van der Waals surface area (Å²) < 4.78 is 5.26. The number of amides is 2. The maximum absolute atomic E-state index is 12.3. The van der Waals surface area contributed by atoms with Crippen LogP contribution >= 0.6 is 0 Å². The van der Waals surface area contributed by atoms with E-state index in [0.717, 1.165) is 6.42 Å². The summed E-state index contributed by atoms with van der Waals surface area (Å²) in [6, 6.07) is 4.97. The molecule has 1 aromatic rings. The fraction of sp³-hybridized carbons (Fsp3) is 0.467. The van der Waals surface area contributed by atoms with Crippen LogP contribution in [0.5, 0.6) is 5.75 Å². The fourth-order valence-electron chi connectivity index (χ4n) is 2.83. The number of nitrogens with zero attached hydrogens (tertiary/aromatic N) is 1. The molecule has 1 fully saturated rings. The molecular weight excluding hydrogens is 272 g/mol. The van der Waals surface area contributed by atoms with Crippen LogP contribution in [0, 0.1) is 0 Å². The standard InChI is InChI=1S/C15H18N2O4/c1-2-5-15(20)8-17(9-15)14(19)10-3-4-12-11(6-10)16-13(18)7-21-12/h3-4,6,20H,2,5,7-9H2,1H3,(H,16,18). The molecule has 0 bridgehead atoms. The van der Waals surface area contributed by atoms with E-state index in [4.69, 9.17) is 4.74 Å². The smallest absolute Gasteiger partial charge is 0.262 e. The van der Waals surface area contributed by atoms with E-state index in [-0.39, 0.29) is 18.4 Å². The lowest BCUT2D eigenvalue weighted by Crippen LogP contribution is -2.63. The Kier molecular flexibility index (Phi) is 3.33. The molecule has 112 valence electrons. The first-order valence-corrected chi connectivity index (χ1v) is 7.09. The number of rotatable bonds is 3. The molecule has 2 aliphatic rings. The molecule has 0 atom stereocenters. The Hall–Kier alpha value is -2.08. The van der Waals surface area contributed by atoms with Gasteiger partial charge < -0.3 is 20.1 Å². The second-order valence-electron chi connectivity index (χ2n) is 5.68. The average molecular weight is 290 g/mol. The van der Waals surface area contributed by atoms with Gasteiger partial charge in [-0.15, -0.1) is 0 Å². The maximum atomic E-state index is 12.3. The number of carbonyl (C=O) groups excluding carboxylic acids is 2. The van der Waals surface area contributed by atoms with Gasteiger partial charge in [-0.25, -0.2) is 0 Å². The average Bonchev–Trinajstić information content (AvgIpc) is 2.43. The van der Waals surface area contributed by atoms with Crippen molar-refractivity contribution in [3.05, 3.63) is 23.8 Å². The number of anilines is 1. The number of ether oxygens (including phenoxy) is 1. The highest BCUT2D eigenvalue weighted by Crippen LogP contribution is 2.31. The van der Waals surface area contributed by atoms with Crippen LogP contribution in [-0.4, -0.2) is 47.1 Å². The van der Waals surface area contributed by atoms with Gasteiger partial charge in [0.25, 0.3) is 11.8 Å². The van der Waals surface area contributed by atoms with Gasteiger partial charge in [0.1, 0.15) is 5.75 Å². The molecule has 0 aliphatic carbocycles. The zero-order valence-corrected chi connectivity index (χ0v) is 11.9. The lowest BCUT2D eigenvalue weighted by Gasteiger charge is -2.46. The van der Waals surface area contributed by atoms with Crippen LogP contribution in [0.25, 0.3) is 0 Å². The van der Waals surface area contributed by atoms with Gasteiger partial charge in [-0.1, -0.05) is 13.3 Å². The Morgan fingerprint density at radius 1 is 1.48 bits per heavy atom. The highest BCUT2D eigenvalue weighted by Gasteiger charge is 2.42. The van der Waals surface area contributed by atoms with Crippen LogP contribution in [0.3, 0.4) is 0 Å². The summed E-state index contributed by atoms with van der Waals surface area (Å²) in [4.78, 5) is 25.3.